The van der Waals surface area contributed by atoms with Crippen molar-refractivity contribution in [1.29, 1.82) is 0 Å². The third-order valence-electron chi connectivity index (χ3n) is 2.76. The summed E-state index contributed by atoms with van der Waals surface area (Å²) in [5, 5.41) is 9.33. The Hall–Kier alpha value is -1.02. The van der Waals surface area contributed by atoms with Crippen molar-refractivity contribution in [2.45, 2.75) is 19.3 Å². The standard InChI is InChI=1S/C11H11ClO2/c1-6-4-9(6)8-3-2-7(11(13)14)5-10(8)12/h2-3,5-6,9H,4H2,1H3,(H,13,14)/t6-,9-/m1/s1. The Kier molecular flexibility index (Phi) is 2.23. The van der Waals surface area contributed by atoms with E-state index in [1.807, 2.05) is 6.07 Å². The number of carboxylic acids is 1. The van der Waals surface area contributed by atoms with Crippen LogP contribution in [0.2, 0.25) is 5.02 Å². The molecule has 1 N–H and O–H groups in total. The van der Waals surface area contributed by atoms with Gasteiger partial charge < -0.3 is 5.11 Å². The molecule has 0 aromatic heterocycles. The van der Waals surface area contributed by atoms with Crippen molar-refractivity contribution in [1.82, 2.24) is 0 Å². The van der Waals surface area contributed by atoms with Gasteiger partial charge in [0.25, 0.3) is 0 Å². The summed E-state index contributed by atoms with van der Waals surface area (Å²) < 4.78 is 0. The third kappa shape index (κ3) is 1.62. The number of benzene rings is 1. The molecule has 1 aliphatic carbocycles. The Morgan fingerprint density at radius 3 is 2.64 bits per heavy atom. The predicted molar refractivity (Wildman–Crippen MR) is 54.9 cm³/mol. The second-order valence-electron chi connectivity index (χ2n) is 3.86. The van der Waals surface area contributed by atoms with Gasteiger partial charge in [0.1, 0.15) is 0 Å². The summed E-state index contributed by atoms with van der Waals surface area (Å²) in [5.41, 5.74) is 1.34. The molecule has 14 heavy (non-hydrogen) atoms. The van der Waals surface area contributed by atoms with Gasteiger partial charge in [-0.1, -0.05) is 24.6 Å². The van der Waals surface area contributed by atoms with Crippen LogP contribution in [0.25, 0.3) is 0 Å². The van der Waals surface area contributed by atoms with Crippen LogP contribution in [0.15, 0.2) is 18.2 Å². The van der Waals surface area contributed by atoms with Gasteiger partial charge in [-0.05, 0) is 36.0 Å². The zero-order chi connectivity index (χ0) is 10.3. The minimum absolute atomic E-state index is 0.257. The van der Waals surface area contributed by atoms with Crippen LogP contribution in [0.5, 0.6) is 0 Å². The first kappa shape index (κ1) is 9.53. The molecule has 0 heterocycles. The number of aromatic carboxylic acids is 1. The molecular formula is C11H11ClO2. The first-order chi connectivity index (χ1) is 6.59. The van der Waals surface area contributed by atoms with Crippen molar-refractivity contribution < 1.29 is 9.90 Å². The lowest BCUT2D eigenvalue weighted by Gasteiger charge is -2.03. The van der Waals surface area contributed by atoms with Crippen LogP contribution in [0, 0.1) is 5.92 Å². The van der Waals surface area contributed by atoms with Crippen LogP contribution in [0.1, 0.15) is 35.2 Å². The number of halogens is 1. The molecule has 0 bridgehead atoms. The van der Waals surface area contributed by atoms with E-state index >= 15 is 0 Å². The summed E-state index contributed by atoms with van der Waals surface area (Å²) in [7, 11) is 0. The number of rotatable bonds is 2. The first-order valence-corrected chi connectivity index (χ1v) is 5.00. The largest absolute Gasteiger partial charge is 0.478 e. The summed E-state index contributed by atoms with van der Waals surface area (Å²) in [6.45, 7) is 2.17. The van der Waals surface area contributed by atoms with E-state index in [0.717, 1.165) is 12.0 Å². The molecule has 74 valence electrons. The van der Waals surface area contributed by atoms with E-state index in [4.69, 9.17) is 16.7 Å². The van der Waals surface area contributed by atoms with Crippen LogP contribution in [-0.2, 0) is 0 Å². The summed E-state index contributed by atoms with van der Waals surface area (Å²) in [6.07, 6.45) is 1.16. The van der Waals surface area contributed by atoms with Gasteiger partial charge in [0.2, 0.25) is 0 Å². The van der Waals surface area contributed by atoms with Crippen molar-refractivity contribution in [3.05, 3.63) is 34.3 Å². The lowest BCUT2D eigenvalue weighted by molar-refractivity contribution is 0.0697. The molecule has 2 atom stereocenters. The number of hydrogen-bond acceptors (Lipinski definition) is 1. The van der Waals surface area contributed by atoms with Crippen molar-refractivity contribution in [2.75, 3.05) is 0 Å². The van der Waals surface area contributed by atoms with Gasteiger partial charge in [0.15, 0.2) is 0 Å². The van der Waals surface area contributed by atoms with E-state index in [1.165, 1.54) is 6.07 Å². The zero-order valence-electron chi connectivity index (χ0n) is 7.83. The Morgan fingerprint density at radius 1 is 1.57 bits per heavy atom. The lowest BCUT2D eigenvalue weighted by Crippen LogP contribution is -1.96. The fraction of sp³-hybridized carbons (Fsp3) is 0.364. The fourth-order valence-corrected chi connectivity index (χ4v) is 2.04. The quantitative estimate of drug-likeness (QED) is 0.814. The number of hydrogen-bond donors (Lipinski definition) is 1. The van der Waals surface area contributed by atoms with Gasteiger partial charge in [-0.2, -0.15) is 0 Å². The Labute approximate surface area is 87.5 Å². The monoisotopic (exact) mass is 210 g/mol. The van der Waals surface area contributed by atoms with E-state index in [-0.39, 0.29) is 5.56 Å². The molecule has 1 saturated carbocycles. The summed E-state index contributed by atoms with van der Waals surface area (Å²) in [5.74, 6) is 0.288. The third-order valence-corrected chi connectivity index (χ3v) is 3.08. The van der Waals surface area contributed by atoms with E-state index in [1.54, 1.807) is 6.07 Å². The molecule has 0 unspecified atom stereocenters. The van der Waals surface area contributed by atoms with Crippen LogP contribution in [-0.4, -0.2) is 11.1 Å². The second-order valence-corrected chi connectivity index (χ2v) is 4.27. The number of carboxylic acid groups (broad SMARTS) is 1. The Balaban J connectivity index is 2.32. The molecule has 0 amide bonds. The van der Waals surface area contributed by atoms with Gasteiger partial charge in [0.05, 0.1) is 5.56 Å². The highest BCUT2D eigenvalue weighted by molar-refractivity contribution is 6.31. The molecule has 1 aliphatic rings. The van der Waals surface area contributed by atoms with E-state index in [2.05, 4.69) is 6.92 Å². The molecule has 1 aromatic carbocycles. The molecule has 0 aliphatic heterocycles. The van der Waals surface area contributed by atoms with Gasteiger partial charge >= 0.3 is 5.97 Å². The van der Waals surface area contributed by atoms with Crippen LogP contribution >= 0.6 is 11.6 Å². The maximum atomic E-state index is 10.7. The van der Waals surface area contributed by atoms with Gasteiger partial charge in [-0.25, -0.2) is 4.79 Å². The average molecular weight is 211 g/mol. The van der Waals surface area contributed by atoms with E-state index < -0.39 is 5.97 Å². The highest BCUT2D eigenvalue weighted by atomic mass is 35.5. The minimum Gasteiger partial charge on any atom is -0.478 e. The lowest BCUT2D eigenvalue weighted by atomic mass is 10.1. The molecule has 0 saturated heterocycles. The van der Waals surface area contributed by atoms with Gasteiger partial charge in [-0.3, -0.25) is 0 Å². The second kappa shape index (κ2) is 3.28. The molecule has 1 fully saturated rings. The maximum absolute atomic E-state index is 10.7. The smallest absolute Gasteiger partial charge is 0.335 e. The summed E-state index contributed by atoms with van der Waals surface area (Å²) in [4.78, 5) is 10.7. The van der Waals surface area contributed by atoms with E-state index in [0.29, 0.717) is 16.9 Å². The van der Waals surface area contributed by atoms with Crippen LogP contribution in [0.4, 0.5) is 0 Å². The van der Waals surface area contributed by atoms with Gasteiger partial charge in [0, 0.05) is 5.02 Å². The summed E-state index contributed by atoms with van der Waals surface area (Å²) >= 11 is 6.01. The minimum atomic E-state index is -0.928. The average Bonchev–Trinajstić information content (AvgIpc) is 2.82. The molecule has 2 nitrogen and oxygen atoms in total. The SMILES string of the molecule is C[C@@H]1C[C@H]1c1ccc(C(=O)O)cc1Cl. The number of carbonyl (C=O) groups is 1. The molecule has 0 radical (unpaired) electrons. The van der Waals surface area contributed by atoms with Crippen molar-refractivity contribution in [3.8, 4) is 0 Å². The fourth-order valence-electron chi connectivity index (χ4n) is 1.72. The van der Waals surface area contributed by atoms with Crippen LogP contribution < -0.4 is 0 Å². The first-order valence-electron chi connectivity index (χ1n) is 4.62. The molecule has 1 aromatic rings. The Morgan fingerprint density at radius 2 is 2.21 bits per heavy atom. The zero-order valence-corrected chi connectivity index (χ0v) is 8.58. The topological polar surface area (TPSA) is 37.3 Å². The highest BCUT2D eigenvalue weighted by Crippen LogP contribution is 2.49. The highest BCUT2D eigenvalue weighted by Gasteiger charge is 2.35. The normalized spacial score (nSPS) is 24.7. The van der Waals surface area contributed by atoms with Crippen LogP contribution in [0.3, 0.4) is 0 Å². The molecule has 3 heteroatoms. The van der Waals surface area contributed by atoms with Crippen molar-refractivity contribution >= 4 is 17.6 Å². The molecule has 2 rings (SSSR count). The van der Waals surface area contributed by atoms with Crippen molar-refractivity contribution in [3.63, 3.8) is 0 Å². The molecular weight excluding hydrogens is 200 g/mol. The molecule has 0 spiro atoms. The maximum Gasteiger partial charge on any atom is 0.335 e. The van der Waals surface area contributed by atoms with E-state index in [9.17, 15) is 4.79 Å². The van der Waals surface area contributed by atoms with Gasteiger partial charge in [-0.15, -0.1) is 0 Å². The summed E-state index contributed by atoms with van der Waals surface area (Å²) in [6, 6.07) is 4.98. The Bertz CT molecular complexity index is 387. The van der Waals surface area contributed by atoms with Crippen molar-refractivity contribution in [2.24, 2.45) is 5.92 Å². The predicted octanol–water partition coefficient (Wildman–Crippen LogP) is 3.16.